The van der Waals surface area contributed by atoms with Crippen LogP contribution in [0.4, 0.5) is 0 Å². The van der Waals surface area contributed by atoms with E-state index < -0.39 is 8.32 Å². The zero-order chi connectivity index (χ0) is 14.8. The van der Waals surface area contributed by atoms with E-state index in [0.717, 1.165) is 25.4 Å². The van der Waals surface area contributed by atoms with Crippen molar-refractivity contribution in [3.05, 3.63) is 29.8 Å². The number of nitrogens with one attached hydrogen (secondary N) is 1. The van der Waals surface area contributed by atoms with Gasteiger partial charge >= 0.3 is 0 Å². The van der Waals surface area contributed by atoms with Crippen LogP contribution in [0.1, 0.15) is 32.4 Å². The van der Waals surface area contributed by atoms with Gasteiger partial charge in [-0.25, -0.2) is 0 Å². The standard InChI is InChI=1S/C16H27NO2Si/c1-16(2,3)20(4,5)19-14-8-6-7-13(11-14)15-12-17-9-10-18-15/h6-8,11,15,17H,9-10,12H2,1-5H3. The molecule has 1 aromatic carbocycles. The Hall–Kier alpha value is -0.843. The fraction of sp³-hybridized carbons (Fsp3) is 0.625. The Balaban J connectivity index is 2.13. The molecule has 1 aliphatic rings. The van der Waals surface area contributed by atoms with Crippen molar-refractivity contribution in [1.29, 1.82) is 0 Å². The molecule has 1 unspecified atom stereocenters. The van der Waals surface area contributed by atoms with Gasteiger partial charge in [-0.15, -0.1) is 0 Å². The molecule has 0 amide bonds. The average Bonchev–Trinajstić information content (AvgIpc) is 2.38. The van der Waals surface area contributed by atoms with Gasteiger partial charge in [0.05, 0.1) is 12.7 Å². The third-order valence-electron chi connectivity index (χ3n) is 4.34. The fourth-order valence-electron chi connectivity index (χ4n) is 2.01. The molecular formula is C16H27NO2Si. The molecule has 112 valence electrons. The molecule has 4 heteroatoms. The van der Waals surface area contributed by atoms with E-state index in [9.17, 15) is 0 Å². The molecule has 0 radical (unpaired) electrons. The molecule has 1 saturated heterocycles. The Morgan fingerprint density at radius 2 is 2.05 bits per heavy atom. The SMILES string of the molecule is CC(C)(C)[Si](C)(C)Oc1cccc(C2CNCCO2)c1. The summed E-state index contributed by atoms with van der Waals surface area (Å²) in [5.41, 5.74) is 1.20. The predicted octanol–water partition coefficient (Wildman–Crippen LogP) is 3.73. The monoisotopic (exact) mass is 293 g/mol. The van der Waals surface area contributed by atoms with E-state index in [1.807, 2.05) is 0 Å². The molecule has 1 fully saturated rings. The minimum absolute atomic E-state index is 0.145. The smallest absolute Gasteiger partial charge is 0.250 e. The topological polar surface area (TPSA) is 30.5 Å². The molecule has 0 aromatic heterocycles. The van der Waals surface area contributed by atoms with Gasteiger partial charge in [-0.05, 0) is 35.8 Å². The molecule has 20 heavy (non-hydrogen) atoms. The highest BCUT2D eigenvalue weighted by Crippen LogP contribution is 2.37. The molecule has 0 saturated carbocycles. The summed E-state index contributed by atoms with van der Waals surface area (Å²) in [4.78, 5) is 0. The Labute approximate surface area is 123 Å². The fourth-order valence-corrected chi connectivity index (χ4v) is 3.03. The van der Waals surface area contributed by atoms with Gasteiger partial charge < -0.3 is 14.5 Å². The number of hydrogen-bond donors (Lipinski definition) is 1. The molecule has 0 spiro atoms. The van der Waals surface area contributed by atoms with Crippen LogP contribution in [0.25, 0.3) is 0 Å². The van der Waals surface area contributed by atoms with Crippen molar-refractivity contribution in [2.75, 3.05) is 19.7 Å². The molecule has 0 bridgehead atoms. The number of rotatable bonds is 3. The maximum atomic E-state index is 6.36. The second-order valence-electron chi connectivity index (χ2n) is 7.00. The summed E-state index contributed by atoms with van der Waals surface area (Å²) in [7, 11) is -1.77. The van der Waals surface area contributed by atoms with Crippen molar-refractivity contribution in [2.24, 2.45) is 0 Å². The lowest BCUT2D eigenvalue weighted by Gasteiger charge is -2.36. The zero-order valence-corrected chi connectivity index (χ0v) is 14.3. The number of benzene rings is 1. The van der Waals surface area contributed by atoms with Gasteiger partial charge in [0.25, 0.3) is 0 Å². The summed E-state index contributed by atoms with van der Waals surface area (Å²) in [5, 5.41) is 3.58. The van der Waals surface area contributed by atoms with Crippen molar-refractivity contribution in [1.82, 2.24) is 5.32 Å². The Kier molecular flexibility index (Phi) is 4.57. The van der Waals surface area contributed by atoms with Crippen LogP contribution >= 0.6 is 0 Å². The molecule has 0 aliphatic carbocycles. The minimum atomic E-state index is -1.77. The van der Waals surface area contributed by atoms with Crippen LogP contribution < -0.4 is 9.74 Å². The highest BCUT2D eigenvalue weighted by molar-refractivity contribution is 6.74. The lowest BCUT2D eigenvalue weighted by molar-refractivity contribution is 0.0276. The summed E-state index contributed by atoms with van der Waals surface area (Å²) >= 11 is 0. The first-order chi connectivity index (χ1) is 9.29. The summed E-state index contributed by atoms with van der Waals surface area (Å²) in [6, 6.07) is 8.38. The van der Waals surface area contributed by atoms with Crippen LogP contribution in [-0.4, -0.2) is 28.0 Å². The number of morpholine rings is 1. The normalized spacial score (nSPS) is 20.8. The maximum Gasteiger partial charge on any atom is 0.250 e. The Bertz CT molecular complexity index is 448. The quantitative estimate of drug-likeness (QED) is 0.861. The summed E-state index contributed by atoms with van der Waals surface area (Å²) in [5.74, 6) is 0.975. The number of hydrogen-bond acceptors (Lipinski definition) is 3. The third kappa shape index (κ3) is 3.62. The van der Waals surface area contributed by atoms with Crippen molar-refractivity contribution in [2.45, 2.75) is 45.0 Å². The van der Waals surface area contributed by atoms with Crippen LogP contribution in [0.5, 0.6) is 5.75 Å². The second-order valence-corrected chi connectivity index (χ2v) is 11.7. The zero-order valence-electron chi connectivity index (χ0n) is 13.3. The highest BCUT2D eigenvalue weighted by Gasteiger charge is 2.39. The van der Waals surface area contributed by atoms with E-state index in [1.54, 1.807) is 0 Å². The van der Waals surface area contributed by atoms with Gasteiger partial charge in [0.2, 0.25) is 8.32 Å². The third-order valence-corrected chi connectivity index (χ3v) is 8.70. The lowest BCUT2D eigenvalue weighted by Crippen LogP contribution is -2.43. The van der Waals surface area contributed by atoms with Crippen molar-refractivity contribution >= 4 is 8.32 Å². The molecule has 1 aliphatic heterocycles. The Morgan fingerprint density at radius 3 is 2.65 bits per heavy atom. The van der Waals surface area contributed by atoms with Gasteiger partial charge in [0.1, 0.15) is 5.75 Å². The minimum Gasteiger partial charge on any atom is -0.543 e. The van der Waals surface area contributed by atoms with Gasteiger partial charge in [0.15, 0.2) is 0 Å². The molecule has 1 atom stereocenters. The molecular weight excluding hydrogens is 266 g/mol. The Morgan fingerprint density at radius 1 is 1.30 bits per heavy atom. The second kappa shape index (κ2) is 5.88. The van der Waals surface area contributed by atoms with Crippen LogP contribution in [0.15, 0.2) is 24.3 Å². The largest absolute Gasteiger partial charge is 0.543 e. The van der Waals surface area contributed by atoms with Crippen LogP contribution in [0, 0.1) is 0 Å². The van der Waals surface area contributed by atoms with Gasteiger partial charge in [-0.1, -0.05) is 32.9 Å². The summed E-state index contributed by atoms with van der Waals surface area (Å²) in [6.07, 6.45) is 0.145. The predicted molar refractivity (Wildman–Crippen MR) is 85.8 cm³/mol. The maximum absolute atomic E-state index is 6.36. The highest BCUT2D eigenvalue weighted by atomic mass is 28.4. The van der Waals surface area contributed by atoms with Crippen LogP contribution in [-0.2, 0) is 4.74 Å². The lowest BCUT2D eigenvalue weighted by atomic mass is 10.1. The molecule has 2 rings (SSSR count). The van der Waals surface area contributed by atoms with E-state index in [4.69, 9.17) is 9.16 Å². The van der Waals surface area contributed by atoms with Crippen molar-refractivity contribution in [3.63, 3.8) is 0 Å². The van der Waals surface area contributed by atoms with Crippen LogP contribution in [0.2, 0.25) is 18.1 Å². The number of ether oxygens (including phenoxy) is 1. The van der Waals surface area contributed by atoms with E-state index >= 15 is 0 Å². The van der Waals surface area contributed by atoms with E-state index in [2.05, 4.69) is 63.4 Å². The van der Waals surface area contributed by atoms with Gasteiger partial charge in [0, 0.05) is 13.1 Å². The summed E-state index contributed by atoms with van der Waals surface area (Å²) < 4.78 is 12.2. The van der Waals surface area contributed by atoms with E-state index in [-0.39, 0.29) is 11.1 Å². The van der Waals surface area contributed by atoms with Gasteiger partial charge in [-0.2, -0.15) is 0 Å². The van der Waals surface area contributed by atoms with E-state index in [1.165, 1.54) is 5.56 Å². The van der Waals surface area contributed by atoms with E-state index in [0.29, 0.717) is 0 Å². The van der Waals surface area contributed by atoms with Crippen molar-refractivity contribution < 1.29 is 9.16 Å². The van der Waals surface area contributed by atoms with Crippen molar-refractivity contribution in [3.8, 4) is 5.75 Å². The average molecular weight is 293 g/mol. The molecule has 1 aromatic rings. The summed E-state index contributed by atoms with van der Waals surface area (Å²) in [6.45, 7) is 13.9. The first-order valence-electron chi connectivity index (χ1n) is 7.41. The first kappa shape index (κ1) is 15.5. The molecule has 1 N–H and O–H groups in total. The molecule has 3 nitrogen and oxygen atoms in total. The molecule has 1 heterocycles. The first-order valence-corrected chi connectivity index (χ1v) is 10.3. The van der Waals surface area contributed by atoms with Gasteiger partial charge in [-0.3, -0.25) is 0 Å². The van der Waals surface area contributed by atoms with Crippen LogP contribution in [0.3, 0.4) is 0 Å².